The summed E-state index contributed by atoms with van der Waals surface area (Å²) >= 11 is 0. The van der Waals surface area contributed by atoms with Gasteiger partial charge in [-0.3, -0.25) is 0 Å². The minimum atomic E-state index is 0.833. The van der Waals surface area contributed by atoms with Crippen LogP contribution in [0.1, 0.15) is 32.6 Å². The Kier molecular flexibility index (Phi) is 5.68. The highest BCUT2D eigenvalue weighted by Crippen LogP contribution is 2.42. The number of hydrogen-bond acceptors (Lipinski definition) is 0. The maximum atomic E-state index is 2.37. The molecule has 2 unspecified atom stereocenters. The van der Waals surface area contributed by atoms with Gasteiger partial charge < -0.3 is 0 Å². The van der Waals surface area contributed by atoms with Crippen LogP contribution >= 0.6 is 0 Å². The molecule has 0 N–H and O–H groups in total. The van der Waals surface area contributed by atoms with Gasteiger partial charge >= 0.3 is 0 Å². The predicted octanol–water partition coefficient (Wildman–Crippen LogP) is 5.53. The van der Waals surface area contributed by atoms with Crippen LogP contribution in [0.4, 0.5) is 0 Å². The average molecular weight is 252 g/mol. The molecule has 0 radical (unpaired) electrons. The van der Waals surface area contributed by atoms with Crippen molar-refractivity contribution in [1.82, 2.24) is 0 Å². The summed E-state index contributed by atoms with van der Waals surface area (Å²) in [7, 11) is 0. The summed E-state index contributed by atoms with van der Waals surface area (Å²) in [5.41, 5.74) is 1.67. The largest absolute Gasteiger partial charge is 0.0878 e. The topological polar surface area (TPSA) is 0 Å². The van der Waals surface area contributed by atoms with Gasteiger partial charge in [0.2, 0.25) is 0 Å². The lowest BCUT2D eigenvalue weighted by molar-refractivity contribution is 0.693. The van der Waals surface area contributed by atoms with E-state index in [2.05, 4.69) is 73.8 Å². The standard InChI is InChI=1S/C9H12.2C5H6/c1-2-8-5-7-3-4-9(8)6-7;2*1-2-4-5-3-1/h2-4,7,9H,5-6H2,1H3;2*1-4H,5H2. The molecular formula is C19H24. The fourth-order valence-corrected chi connectivity index (χ4v) is 2.77. The second-order valence-electron chi connectivity index (χ2n) is 5.24. The molecule has 0 saturated heterocycles. The lowest BCUT2D eigenvalue weighted by Gasteiger charge is -2.05. The van der Waals surface area contributed by atoms with Crippen LogP contribution in [-0.2, 0) is 0 Å². The molecule has 0 heteroatoms. The van der Waals surface area contributed by atoms with Gasteiger partial charge in [0.05, 0.1) is 0 Å². The number of hydrogen-bond donors (Lipinski definition) is 0. The predicted molar refractivity (Wildman–Crippen MR) is 84.9 cm³/mol. The monoisotopic (exact) mass is 252 g/mol. The first kappa shape index (κ1) is 13.9. The van der Waals surface area contributed by atoms with Crippen molar-refractivity contribution in [3.63, 3.8) is 0 Å². The van der Waals surface area contributed by atoms with E-state index in [0.29, 0.717) is 0 Å². The molecule has 0 nitrogen and oxygen atoms in total. The molecule has 2 atom stereocenters. The van der Waals surface area contributed by atoms with Crippen molar-refractivity contribution in [2.75, 3.05) is 0 Å². The Bertz CT molecular complexity index is 399. The van der Waals surface area contributed by atoms with E-state index in [1.165, 1.54) is 12.8 Å². The molecule has 1 fully saturated rings. The SMILES string of the molecule is C1=CCC=C1.C1=CCC=C1.CC=C1CC2C=CC1C2. The first-order valence-corrected chi connectivity index (χ1v) is 7.37. The molecule has 0 aromatic rings. The van der Waals surface area contributed by atoms with Gasteiger partial charge in [-0.1, -0.05) is 72.4 Å². The van der Waals surface area contributed by atoms with Crippen molar-refractivity contribution >= 4 is 0 Å². The number of fused-ring (bicyclic) bond motifs is 2. The molecular weight excluding hydrogens is 228 g/mol. The third-order valence-corrected chi connectivity index (χ3v) is 3.83. The molecule has 0 aromatic carbocycles. The Morgan fingerprint density at radius 3 is 1.68 bits per heavy atom. The van der Waals surface area contributed by atoms with Crippen LogP contribution in [0.5, 0.6) is 0 Å². The van der Waals surface area contributed by atoms with E-state index in [1.807, 2.05) is 0 Å². The highest BCUT2D eigenvalue weighted by molar-refractivity contribution is 5.26. The van der Waals surface area contributed by atoms with E-state index in [9.17, 15) is 0 Å². The second-order valence-corrected chi connectivity index (χ2v) is 5.24. The van der Waals surface area contributed by atoms with E-state index >= 15 is 0 Å². The van der Waals surface area contributed by atoms with Gasteiger partial charge in [0.25, 0.3) is 0 Å². The number of allylic oxidation sites excluding steroid dienone is 12. The normalized spacial score (nSPS) is 29.6. The molecule has 0 spiro atoms. The molecule has 0 aromatic heterocycles. The van der Waals surface area contributed by atoms with Gasteiger partial charge in [0.1, 0.15) is 0 Å². The molecule has 1 saturated carbocycles. The lowest BCUT2D eigenvalue weighted by atomic mass is 10.0. The average Bonchev–Trinajstić information content (AvgIpc) is 3.27. The van der Waals surface area contributed by atoms with E-state index < -0.39 is 0 Å². The molecule has 4 aliphatic carbocycles. The summed E-state index contributed by atoms with van der Waals surface area (Å²) in [5, 5.41) is 0. The van der Waals surface area contributed by atoms with Gasteiger partial charge in [-0.05, 0) is 44.4 Å². The summed E-state index contributed by atoms with van der Waals surface area (Å²) in [6, 6.07) is 0. The van der Waals surface area contributed by atoms with Gasteiger partial charge in [-0.25, -0.2) is 0 Å². The summed E-state index contributed by atoms with van der Waals surface area (Å²) in [4.78, 5) is 0. The van der Waals surface area contributed by atoms with Gasteiger partial charge in [-0.15, -0.1) is 0 Å². The highest BCUT2D eigenvalue weighted by atomic mass is 14.3. The highest BCUT2D eigenvalue weighted by Gasteiger charge is 2.29. The fraction of sp³-hybridized carbons (Fsp3) is 0.368. The Hall–Kier alpha value is -1.56. The first-order chi connectivity index (χ1) is 9.40. The van der Waals surface area contributed by atoms with Crippen LogP contribution in [0.25, 0.3) is 0 Å². The quantitative estimate of drug-likeness (QED) is 0.497. The molecule has 4 rings (SSSR count). The van der Waals surface area contributed by atoms with Crippen molar-refractivity contribution in [2.24, 2.45) is 11.8 Å². The molecule has 2 bridgehead atoms. The van der Waals surface area contributed by atoms with Crippen molar-refractivity contribution in [1.29, 1.82) is 0 Å². The maximum absolute atomic E-state index is 2.37. The van der Waals surface area contributed by atoms with E-state index in [1.54, 1.807) is 5.57 Å². The van der Waals surface area contributed by atoms with Crippen molar-refractivity contribution in [2.45, 2.75) is 32.6 Å². The van der Waals surface area contributed by atoms with Gasteiger partial charge in [0, 0.05) is 0 Å². The van der Waals surface area contributed by atoms with Crippen LogP contribution in [-0.4, -0.2) is 0 Å². The van der Waals surface area contributed by atoms with Gasteiger partial charge in [0.15, 0.2) is 0 Å². The minimum absolute atomic E-state index is 0.833. The Labute approximate surface area is 117 Å². The third-order valence-electron chi connectivity index (χ3n) is 3.83. The molecule has 100 valence electrons. The summed E-state index contributed by atoms with van der Waals surface area (Å²) < 4.78 is 0. The van der Waals surface area contributed by atoms with Crippen LogP contribution in [0.3, 0.4) is 0 Å². The maximum Gasteiger partial charge on any atom is -0.00174 e. The zero-order chi connectivity index (χ0) is 13.3. The van der Waals surface area contributed by atoms with Crippen LogP contribution in [0, 0.1) is 11.8 Å². The minimum Gasteiger partial charge on any atom is -0.0878 e. The molecule has 0 heterocycles. The van der Waals surface area contributed by atoms with E-state index in [4.69, 9.17) is 0 Å². The molecule has 4 aliphatic rings. The Morgan fingerprint density at radius 2 is 1.47 bits per heavy atom. The Morgan fingerprint density at radius 1 is 0.895 bits per heavy atom. The number of rotatable bonds is 0. The first-order valence-electron chi connectivity index (χ1n) is 7.37. The van der Waals surface area contributed by atoms with E-state index in [-0.39, 0.29) is 0 Å². The zero-order valence-electron chi connectivity index (χ0n) is 11.8. The third kappa shape index (κ3) is 4.55. The van der Waals surface area contributed by atoms with Crippen LogP contribution < -0.4 is 0 Å². The van der Waals surface area contributed by atoms with E-state index in [0.717, 1.165) is 24.7 Å². The van der Waals surface area contributed by atoms with Crippen molar-refractivity contribution in [3.05, 3.63) is 72.4 Å². The van der Waals surface area contributed by atoms with Crippen molar-refractivity contribution in [3.8, 4) is 0 Å². The van der Waals surface area contributed by atoms with Gasteiger partial charge in [-0.2, -0.15) is 0 Å². The summed E-state index contributed by atoms with van der Waals surface area (Å²) in [6.07, 6.45) is 28.8. The van der Waals surface area contributed by atoms with Crippen LogP contribution in [0.2, 0.25) is 0 Å². The molecule has 19 heavy (non-hydrogen) atoms. The molecule has 0 amide bonds. The Balaban J connectivity index is 0.000000114. The second kappa shape index (κ2) is 7.78. The zero-order valence-corrected chi connectivity index (χ0v) is 11.8. The molecule has 0 aliphatic heterocycles. The van der Waals surface area contributed by atoms with Crippen molar-refractivity contribution < 1.29 is 0 Å². The fourth-order valence-electron chi connectivity index (χ4n) is 2.77. The van der Waals surface area contributed by atoms with Crippen LogP contribution in [0.15, 0.2) is 72.4 Å². The summed E-state index contributed by atoms with van der Waals surface area (Å²) in [6.45, 7) is 2.16. The smallest absolute Gasteiger partial charge is 0.00174 e. The lowest BCUT2D eigenvalue weighted by Crippen LogP contribution is -1.90. The summed E-state index contributed by atoms with van der Waals surface area (Å²) in [5.74, 6) is 1.74.